The summed E-state index contributed by atoms with van der Waals surface area (Å²) in [5.41, 5.74) is 1.05. The molecule has 1 aromatic carbocycles. The van der Waals surface area contributed by atoms with Gasteiger partial charge < -0.3 is 25.2 Å². The number of nitriles is 1. The van der Waals surface area contributed by atoms with Gasteiger partial charge in [-0.25, -0.2) is 0 Å². The predicted octanol–water partition coefficient (Wildman–Crippen LogP) is 2.78. The summed E-state index contributed by atoms with van der Waals surface area (Å²) in [6, 6.07) is 7.66. The Balaban J connectivity index is 2.43. The van der Waals surface area contributed by atoms with Crippen LogP contribution in [0.15, 0.2) is 30.0 Å². The van der Waals surface area contributed by atoms with Crippen LogP contribution < -0.4 is 20.1 Å². The van der Waals surface area contributed by atoms with Crippen LogP contribution >= 0.6 is 0 Å². The number of rotatable bonds is 15. The van der Waals surface area contributed by atoms with E-state index in [0.29, 0.717) is 63.5 Å². The number of ether oxygens (including phenoxy) is 2. The van der Waals surface area contributed by atoms with Crippen LogP contribution in [-0.2, 0) is 16.0 Å². The maximum atomic E-state index is 12.0. The molecule has 3 N–H and O–H groups in total. The Morgan fingerprint density at radius 1 is 1.10 bits per heavy atom. The monoisotopic (exact) mass is 417 g/mol. The zero-order valence-corrected chi connectivity index (χ0v) is 17.7. The Morgan fingerprint density at radius 3 is 2.50 bits per heavy atom. The van der Waals surface area contributed by atoms with Crippen LogP contribution in [0.2, 0.25) is 0 Å². The smallest absolute Gasteiger partial charge is 0.303 e. The van der Waals surface area contributed by atoms with Gasteiger partial charge in [-0.1, -0.05) is 12.5 Å². The zero-order valence-electron chi connectivity index (χ0n) is 17.7. The van der Waals surface area contributed by atoms with Crippen molar-refractivity contribution in [1.82, 2.24) is 10.6 Å². The predicted molar refractivity (Wildman–Crippen MR) is 113 cm³/mol. The van der Waals surface area contributed by atoms with E-state index >= 15 is 0 Å². The lowest BCUT2D eigenvalue weighted by atomic mass is 10.1. The number of unbranched alkanes of at least 4 members (excludes halogenated alkanes) is 2. The summed E-state index contributed by atoms with van der Waals surface area (Å²) in [5.74, 6) is 0.150. The molecule has 0 aliphatic carbocycles. The van der Waals surface area contributed by atoms with Crippen molar-refractivity contribution in [1.29, 1.82) is 5.26 Å². The molecule has 0 aromatic heterocycles. The highest BCUT2D eigenvalue weighted by Gasteiger charge is 2.08. The number of benzene rings is 1. The summed E-state index contributed by atoms with van der Waals surface area (Å²) in [4.78, 5) is 22.5. The molecule has 0 saturated carbocycles. The average Bonchev–Trinajstić information content (AvgIpc) is 2.72. The quantitative estimate of drug-likeness (QED) is 0.228. The first-order valence-corrected chi connectivity index (χ1v) is 10.2. The van der Waals surface area contributed by atoms with Crippen molar-refractivity contribution in [3.63, 3.8) is 0 Å². The van der Waals surface area contributed by atoms with Gasteiger partial charge in [0.1, 0.15) is 11.6 Å². The third kappa shape index (κ3) is 9.82. The minimum Gasteiger partial charge on any atom is -0.490 e. The minimum atomic E-state index is -0.820. The number of carbonyl (C=O) groups excluding carboxylic acids is 1. The highest BCUT2D eigenvalue weighted by atomic mass is 16.5. The van der Waals surface area contributed by atoms with E-state index in [-0.39, 0.29) is 12.0 Å². The van der Waals surface area contributed by atoms with E-state index in [1.807, 2.05) is 38.1 Å². The van der Waals surface area contributed by atoms with Crippen LogP contribution in [0.25, 0.3) is 0 Å². The number of nitrogens with one attached hydrogen (secondary N) is 2. The minimum absolute atomic E-state index is 0.00207. The van der Waals surface area contributed by atoms with Gasteiger partial charge in [0.2, 0.25) is 0 Å². The Hall–Kier alpha value is -3.21. The third-order valence-corrected chi connectivity index (χ3v) is 4.13. The van der Waals surface area contributed by atoms with Gasteiger partial charge >= 0.3 is 5.97 Å². The van der Waals surface area contributed by atoms with Gasteiger partial charge in [0.15, 0.2) is 11.5 Å². The molecule has 0 atom stereocenters. The summed E-state index contributed by atoms with van der Waals surface area (Å²) >= 11 is 0. The van der Waals surface area contributed by atoms with Gasteiger partial charge in [-0.3, -0.25) is 9.59 Å². The highest BCUT2D eigenvalue weighted by Crippen LogP contribution is 2.28. The lowest BCUT2D eigenvalue weighted by molar-refractivity contribution is -0.137. The van der Waals surface area contributed by atoms with E-state index < -0.39 is 11.9 Å². The van der Waals surface area contributed by atoms with Crippen molar-refractivity contribution in [2.45, 2.75) is 46.0 Å². The Morgan fingerprint density at radius 2 is 1.83 bits per heavy atom. The van der Waals surface area contributed by atoms with Crippen LogP contribution in [-0.4, -0.2) is 43.3 Å². The average molecular weight is 418 g/mol. The van der Waals surface area contributed by atoms with Crippen LogP contribution in [0.5, 0.6) is 11.5 Å². The standard InChI is InChI=1S/C22H31N3O5/c1-3-29-19-10-9-17(14-20(19)30-4-2)11-13-24-16-18(15-23)22(28)25-12-7-5-6-8-21(26)27/h9-10,14,16,24H,3-8,11-13H2,1-2H3,(H,25,28)(H,26,27)/b18-16-. The first-order valence-electron chi connectivity index (χ1n) is 10.2. The third-order valence-electron chi connectivity index (χ3n) is 4.13. The van der Waals surface area contributed by atoms with E-state index in [1.54, 1.807) is 0 Å². The van der Waals surface area contributed by atoms with E-state index in [9.17, 15) is 14.9 Å². The molecule has 0 spiro atoms. The van der Waals surface area contributed by atoms with E-state index in [2.05, 4.69) is 10.6 Å². The first kappa shape index (κ1) is 24.8. The van der Waals surface area contributed by atoms with Crippen molar-refractivity contribution in [2.75, 3.05) is 26.3 Å². The molecule has 30 heavy (non-hydrogen) atoms. The summed E-state index contributed by atoms with van der Waals surface area (Å²) < 4.78 is 11.2. The van der Waals surface area contributed by atoms with Crippen LogP contribution in [0, 0.1) is 11.3 Å². The van der Waals surface area contributed by atoms with Crippen molar-refractivity contribution in [2.24, 2.45) is 0 Å². The Bertz CT molecular complexity index is 756. The Labute approximate surface area is 177 Å². The fourth-order valence-electron chi connectivity index (χ4n) is 2.67. The summed E-state index contributed by atoms with van der Waals surface area (Å²) in [5, 5.41) is 23.4. The second kappa shape index (κ2) is 14.7. The molecular formula is C22H31N3O5. The van der Waals surface area contributed by atoms with Crippen LogP contribution in [0.3, 0.4) is 0 Å². The number of hydrogen-bond acceptors (Lipinski definition) is 6. The summed E-state index contributed by atoms with van der Waals surface area (Å²) in [7, 11) is 0. The lowest BCUT2D eigenvalue weighted by Crippen LogP contribution is -2.27. The van der Waals surface area contributed by atoms with Crippen molar-refractivity contribution >= 4 is 11.9 Å². The fourth-order valence-corrected chi connectivity index (χ4v) is 2.67. The molecule has 0 aliphatic heterocycles. The number of carboxylic acids is 1. The largest absolute Gasteiger partial charge is 0.490 e. The number of carbonyl (C=O) groups is 2. The molecule has 0 bridgehead atoms. The molecular weight excluding hydrogens is 386 g/mol. The lowest BCUT2D eigenvalue weighted by Gasteiger charge is -2.12. The molecule has 1 amide bonds. The molecule has 0 fully saturated rings. The molecule has 8 heteroatoms. The van der Waals surface area contributed by atoms with Gasteiger partial charge in [0.25, 0.3) is 5.91 Å². The van der Waals surface area contributed by atoms with Crippen molar-refractivity contribution in [3.05, 3.63) is 35.5 Å². The van der Waals surface area contributed by atoms with Gasteiger partial charge in [0, 0.05) is 25.7 Å². The van der Waals surface area contributed by atoms with Gasteiger partial charge in [-0.2, -0.15) is 5.26 Å². The zero-order chi connectivity index (χ0) is 22.2. The summed E-state index contributed by atoms with van der Waals surface area (Å²) in [6.07, 6.45) is 4.18. The number of aliphatic carboxylic acids is 1. The molecule has 0 saturated heterocycles. The first-order chi connectivity index (χ1) is 14.5. The molecule has 0 unspecified atom stereocenters. The maximum Gasteiger partial charge on any atom is 0.303 e. The fraction of sp³-hybridized carbons (Fsp3) is 0.500. The molecule has 1 rings (SSSR count). The van der Waals surface area contributed by atoms with Crippen molar-refractivity contribution in [3.8, 4) is 17.6 Å². The molecule has 0 aliphatic rings. The summed E-state index contributed by atoms with van der Waals surface area (Å²) in [6.45, 7) is 5.90. The maximum absolute atomic E-state index is 12.0. The van der Waals surface area contributed by atoms with Gasteiger partial charge in [-0.15, -0.1) is 0 Å². The molecule has 164 valence electrons. The number of nitrogens with zero attached hydrogens (tertiary/aromatic N) is 1. The van der Waals surface area contributed by atoms with Crippen LogP contribution in [0.1, 0.15) is 45.1 Å². The van der Waals surface area contributed by atoms with Gasteiger partial charge in [0.05, 0.1) is 13.2 Å². The van der Waals surface area contributed by atoms with E-state index in [0.717, 1.165) is 5.56 Å². The topological polar surface area (TPSA) is 121 Å². The van der Waals surface area contributed by atoms with E-state index in [4.69, 9.17) is 14.6 Å². The number of amides is 1. The molecule has 8 nitrogen and oxygen atoms in total. The van der Waals surface area contributed by atoms with Gasteiger partial charge in [-0.05, 0) is 50.8 Å². The van der Waals surface area contributed by atoms with E-state index in [1.165, 1.54) is 6.20 Å². The molecule has 0 heterocycles. The van der Waals surface area contributed by atoms with Crippen LogP contribution in [0.4, 0.5) is 0 Å². The normalized spacial score (nSPS) is 10.8. The SMILES string of the molecule is CCOc1ccc(CCN/C=C(/C#N)C(=O)NCCCCCC(=O)O)cc1OCC. The number of carboxylic acid groups (broad SMARTS) is 1. The Kier molecular flexibility index (Phi) is 12.2. The number of hydrogen-bond donors (Lipinski definition) is 3. The highest BCUT2D eigenvalue weighted by molar-refractivity contribution is 5.97. The molecule has 0 radical (unpaired) electrons. The molecule has 1 aromatic rings. The van der Waals surface area contributed by atoms with Crippen molar-refractivity contribution < 1.29 is 24.2 Å². The second-order valence-electron chi connectivity index (χ2n) is 6.48. The second-order valence-corrected chi connectivity index (χ2v) is 6.48.